The van der Waals surface area contributed by atoms with Crippen molar-refractivity contribution < 1.29 is 14.3 Å². The van der Waals surface area contributed by atoms with Gasteiger partial charge in [0.2, 0.25) is 12.3 Å². The molecule has 5 heteroatoms. The molecule has 0 spiro atoms. The predicted molar refractivity (Wildman–Crippen MR) is 135 cm³/mol. The molecule has 0 aliphatic heterocycles. The maximum atomic E-state index is 12.0. The van der Waals surface area contributed by atoms with Crippen molar-refractivity contribution in [1.82, 2.24) is 10.6 Å². The molecular weight excluding hydrogens is 400 g/mol. The number of amides is 2. The smallest absolute Gasteiger partial charge is 0.249 e. The average Bonchev–Trinajstić information content (AvgIpc) is 2.80. The first-order chi connectivity index (χ1) is 15.8. The van der Waals surface area contributed by atoms with Crippen LogP contribution in [0.5, 0.6) is 0 Å². The topological polar surface area (TPSA) is 67.4 Å². The Balaban J connectivity index is 3.64. The van der Waals surface area contributed by atoms with Gasteiger partial charge >= 0.3 is 0 Å². The summed E-state index contributed by atoms with van der Waals surface area (Å²) in [5, 5.41) is 5.28. The number of carbonyl (C=O) groups is 2. The van der Waals surface area contributed by atoms with Gasteiger partial charge in [-0.25, -0.2) is 0 Å². The van der Waals surface area contributed by atoms with E-state index in [1.807, 2.05) is 6.92 Å². The number of nitrogens with one attached hydrogen (secondary N) is 2. The maximum absolute atomic E-state index is 12.0. The molecular formula is C27H44N2O3. The van der Waals surface area contributed by atoms with E-state index in [0.29, 0.717) is 32.5 Å². The van der Waals surface area contributed by atoms with Crippen LogP contribution in [-0.2, 0) is 14.3 Å². The lowest BCUT2D eigenvalue weighted by Gasteiger charge is -2.15. The quantitative estimate of drug-likeness (QED) is 0.138. The number of hydrogen-bond acceptors (Lipinski definition) is 3. The Morgan fingerprint density at radius 1 is 0.781 bits per heavy atom. The van der Waals surface area contributed by atoms with Crippen molar-refractivity contribution in [2.24, 2.45) is 0 Å². The molecule has 0 aromatic rings. The van der Waals surface area contributed by atoms with Crippen LogP contribution in [-0.4, -0.2) is 38.1 Å². The summed E-state index contributed by atoms with van der Waals surface area (Å²) in [6.45, 7) is 5.52. The van der Waals surface area contributed by atoms with Crippen molar-refractivity contribution in [2.45, 2.75) is 77.7 Å². The van der Waals surface area contributed by atoms with Gasteiger partial charge in [0.25, 0.3) is 0 Å². The van der Waals surface area contributed by atoms with Crippen molar-refractivity contribution in [2.75, 3.05) is 19.7 Å². The zero-order chi connectivity index (χ0) is 23.5. The lowest BCUT2D eigenvalue weighted by Crippen LogP contribution is -2.39. The van der Waals surface area contributed by atoms with Crippen molar-refractivity contribution in [1.29, 1.82) is 0 Å². The highest BCUT2D eigenvalue weighted by Crippen LogP contribution is 2.04. The van der Waals surface area contributed by atoms with Gasteiger partial charge in [0.05, 0.1) is 0 Å². The Labute approximate surface area is 195 Å². The molecule has 0 aliphatic rings. The van der Waals surface area contributed by atoms with E-state index in [1.54, 1.807) is 0 Å². The van der Waals surface area contributed by atoms with Crippen LogP contribution in [0.1, 0.15) is 71.6 Å². The van der Waals surface area contributed by atoms with Gasteiger partial charge in [0.15, 0.2) is 0 Å². The SMILES string of the molecule is CCC=CCC=CCC=CCC=CCC=CCCCCOC(CC)C(=O)NCCNC=O. The normalized spacial score (nSPS) is 13.2. The molecule has 2 N–H and O–H groups in total. The van der Waals surface area contributed by atoms with Crippen molar-refractivity contribution in [3.8, 4) is 0 Å². The number of unbranched alkanes of at least 4 members (excludes halogenated alkanes) is 2. The highest BCUT2D eigenvalue weighted by Gasteiger charge is 2.15. The van der Waals surface area contributed by atoms with Crippen LogP contribution in [0.4, 0.5) is 0 Å². The number of hydrogen-bond donors (Lipinski definition) is 2. The van der Waals surface area contributed by atoms with Gasteiger partial charge in [-0.3, -0.25) is 9.59 Å². The predicted octanol–water partition coefficient (Wildman–Crippen LogP) is 5.57. The Morgan fingerprint density at radius 2 is 1.34 bits per heavy atom. The zero-order valence-corrected chi connectivity index (χ0v) is 20.1. The van der Waals surface area contributed by atoms with E-state index in [0.717, 1.165) is 51.4 Å². The fourth-order valence-electron chi connectivity index (χ4n) is 2.77. The van der Waals surface area contributed by atoms with E-state index < -0.39 is 6.10 Å². The van der Waals surface area contributed by atoms with E-state index >= 15 is 0 Å². The summed E-state index contributed by atoms with van der Waals surface area (Å²) in [7, 11) is 0. The van der Waals surface area contributed by atoms with E-state index in [2.05, 4.69) is 78.3 Å². The number of carbonyl (C=O) groups excluding carboxylic acids is 2. The summed E-state index contributed by atoms with van der Waals surface area (Å²) >= 11 is 0. The second kappa shape index (κ2) is 24.9. The van der Waals surface area contributed by atoms with Crippen molar-refractivity contribution in [3.05, 3.63) is 60.8 Å². The van der Waals surface area contributed by atoms with E-state index in [4.69, 9.17) is 4.74 Å². The molecule has 5 nitrogen and oxygen atoms in total. The van der Waals surface area contributed by atoms with Crippen molar-refractivity contribution in [3.63, 3.8) is 0 Å². The molecule has 0 radical (unpaired) electrons. The Hall–Kier alpha value is -2.40. The van der Waals surface area contributed by atoms with Crippen LogP contribution in [0, 0.1) is 0 Å². The molecule has 180 valence electrons. The summed E-state index contributed by atoms with van der Waals surface area (Å²) in [4.78, 5) is 22.2. The van der Waals surface area contributed by atoms with Crippen LogP contribution < -0.4 is 10.6 Å². The van der Waals surface area contributed by atoms with Gasteiger partial charge < -0.3 is 15.4 Å². The molecule has 0 aromatic heterocycles. The summed E-state index contributed by atoms with van der Waals surface area (Å²) in [5.74, 6) is -0.113. The summed E-state index contributed by atoms with van der Waals surface area (Å²) in [6.07, 6.45) is 31.0. The fraction of sp³-hybridized carbons (Fsp3) is 0.556. The minimum Gasteiger partial charge on any atom is -0.368 e. The third-order valence-electron chi connectivity index (χ3n) is 4.56. The Kier molecular flexibility index (Phi) is 23.0. The highest BCUT2D eigenvalue weighted by molar-refractivity contribution is 5.80. The van der Waals surface area contributed by atoms with Gasteiger partial charge in [-0.05, 0) is 57.8 Å². The summed E-state index contributed by atoms with van der Waals surface area (Å²) in [6, 6.07) is 0. The molecule has 1 unspecified atom stereocenters. The third kappa shape index (κ3) is 20.9. The van der Waals surface area contributed by atoms with Crippen LogP contribution in [0.15, 0.2) is 60.8 Å². The van der Waals surface area contributed by atoms with Gasteiger partial charge in [-0.2, -0.15) is 0 Å². The molecule has 0 fully saturated rings. The van der Waals surface area contributed by atoms with Crippen LogP contribution in [0.25, 0.3) is 0 Å². The molecule has 2 amide bonds. The van der Waals surface area contributed by atoms with E-state index in [1.165, 1.54) is 0 Å². The average molecular weight is 445 g/mol. The summed E-state index contributed by atoms with van der Waals surface area (Å²) in [5.41, 5.74) is 0. The molecule has 0 saturated carbocycles. The summed E-state index contributed by atoms with van der Waals surface area (Å²) < 4.78 is 5.69. The molecule has 1 atom stereocenters. The van der Waals surface area contributed by atoms with E-state index in [-0.39, 0.29) is 5.91 Å². The first-order valence-corrected chi connectivity index (χ1v) is 12.1. The monoisotopic (exact) mass is 444 g/mol. The fourth-order valence-corrected chi connectivity index (χ4v) is 2.77. The second-order valence-electron chi connectivity index (χ2n) is 7.33. The largest absolute Gasteiger partial charge is 0.368 e. The van der Waals surface area contributed by atoms with Crippen LogP contribution >= 0.6 is 0 Å². The molecule has 0 bridgehead atoms. The standard InChI is InChI=1S/C27H44N2O3/c1-3-5-6-7-8-9-10-11-12-13-14-15-16-17-18-19-20-21-24-32-26(4-2)27(31)29-23-22-28-25-30/h5-6,8-9,11-12,14-15,17-18,25-26H,3-4,7,10,13,16,19-24H2,1-2H3,(H,28,30)(H,29,31). The first-order valence-electron chi connectivity index (χ1n) is 12.1. The van der Waals surface area contributed by atoms with E-state index in [9.17, 15) is 9.59 Å². The Morgan fingerprint density at radius 3 is 1.88 bits per heavy atom. The lowest BCUT2D eigenvalue weighted by atomic mass is 10.2. The molecule has 0 rings (SSSR count). The molecule has 0 saturated heterocycles. The zero-order valence-electron chi connectivity index (χ0n) is 20.1. The third-order valence-corrected chi connectivity index (χ3v) is 4.56. The Bertz CT molecular complexity index is 592. The number of rotatable bonds is 21. The number of ether oxygens (including phenoxy) is 1. The molecule has 0 heterocycles. The molecule has 32 heavy (non-hydrogen) atoms. The highest BCUT2D eigenvalue weighted by atomic mass is 16.5. The first kappa shape index (κ1) is 29.6. The van der Waals surface area contributed by atoms with Gasteiger partial charge in [0, 0.05) is 19.7 Å². The minimum absolute atomic E-state index is 0.113. The minimum atomic E-state index is -0.417. The maximum Gasteiger partial charge on any atom is 0.249 e. The van der Waals surface area contributed by atoms with Gasteiger partial charge in [0.1, 0.15) is 6.10 Å². The van der Waals surface area contributed by atoms with Gasteiger partial charge in [-0.15, -0.1) is 0 Å². The number of allylic oxidation sites excluding steroid dienone is 10. The second-order valence-corrected chi connectivity index (χ2v) is 7.33. The van der Waals surface area contributed by atoms with Crippen LogP contribution in [0.3, 0.4) is 0 Å². The van der Waals surface area contributed by atoms with Gasteiger partial charge in [-0.1, -0.05) is 74.6 Å². The van der Waals surface area contributed by atoms with Crippen molar-refractivity contribution >= 4 is 12.3 Å². The molecule has 0 aromatic carbocycles. The molecule has 0 aliphatic carbocycles. The van der Waals surface area contributed by atoms with Crippen LogP contribution in [0.2, 0.25) is 0 Å². The lowest BCUT2D eigenvalue weighted by molar-refractivity contribution is -0.133.